The molecule has 1 heterocycles. The average Bonchev–Trinajstić information content (AvgIpc) is 2.60. The molecule has 0 bridgehead atoms. The molecule has 1 N–H and O–H groups in total. The zero-order chi connectivity index (χ0) is 17.0. The summed E-state index contributed by atoms with van der Waals surface area (Å²) in [5, 5.41) is 3.32. The van der Waals surface area contributed by atoms with Gasteiger partial charge in [0.25, 0.3) is 0 Å². The van der Waals surface area contributed by atoms with Gasteiger partial charge in [-0.15, -0.1) is 0 Å². The maximum absolute atomic E-state index is 12.4. The molecule has 132 valence electrons. The van der Waals surface area contributed by atoms with Crippen molar-refractivity contribution in [3.8, 4) is 0 Å². The molecule has 3 rings (SSSR count). The first-order chi connectivity index (χ1) is 11.6. The van der Waals surface area contributed by atoms with E-state index in [1.54, 1.807) is 0 Å². The fourth-order valence-corrected chi connectivity index (χ4v) is 3.99. The lowest BCUT2D eigenvalue weighted by atomic mass is 9.79. The summed E-state index contributed by atoms with van der Waals surface area (Å²) in [7, 11) is 0. The number of hydrogen-bond donors (Lipinski definition) is 1. The Morgan fingerprint density at radius 3 is 2.50 bits per heavy atom. The molecule has 0 spiro atoms. The summed E-state index contributed by atoms with van der Waals surface area (Å²) in [5.74, 6) is 0.204. The average molecular weight is 329 g/mol. The molecule has 1 fully saturated rings. The number of nitrogens with zero attached hydrogens (tertiary/aromatic N) is 2. The predicted octanol–water partition coefficient (Wildman–Crippen LogP) is 2.08. The molecule has 1 aliphatic heterocycles. The van der Waals surface area contributed by atoms with E-state index < -0.39 is 0 Å². The van der Waals surface area contributed by atoms with Crippen molar-refractivity contribution in [2.24, 2.45) is 0 Å². The van der Waals surface area contributed by atoms with Crippen molar-refractivity contribution >= 4 is 5.91 Å². The van der Waals surface area contributed by atoms with E-state index in [0.29, 0.717) is 6.42 Å². The number of benzene rings is 1. The summed E-state index contributed by atoms with van der Waals surface area (Å²) in [5.41, 5.74) is 2.74. The number of likely N-dealkylation sites (N-methyl/N-ethyl adjacent to an activating group) is 1. The fraction of sp³-hybridized carbons (Fsp3) is 0.650. The van der Waals surface area contributed by atoms with Gasteiger partial charge in [-0.2, -0.15) is 0 Å². The van der Waals surface area contributed by atoms with Gasteiger partial charge in [-0.25, -0.2) is 0 Å². The fourth-order valence-electron chi connectivity index (χ4n) is 3.99. The van der Waals surface area contributed by atoms with Crippen LogP contribution in [0.15, 0.2) is 24.3 Å². The smallest absolute Gasteiger partial charge is 0.221 e. The molecular formula is C20H31N3O. The summed E-state index contributed by atoms with van der Waals surface area (Å²) in [6, 6.07) is 8.62. The lowest BCUT2D eigenvalue weighted by Crippen LogP contribution is -2.51. The number of nitrogens with one attached hydrogen (secondary N) is 1. The molecule has 1 saturated heterocycles. The van der Waals surface area contributed by atoms with E-state index in [0.717, 1.165) is 58.5 Å². The molecule has 4 nitrogen and oxygen atoms in total. The highest BCUT2D eigenvalue weighted by Crippen LogP contribution is 2.28. The zero-order valence-electron chi connectivity index (χ0n) is 15.2. The molecule has 1 aromatic rings. The predicted molar refractivity (Wildman–Crippen MR) is 98.2 cm³/mol. The van der Waals surface area contributed by atoms with Gasteiger partial charge in [-0.3, -0.25) is 4.79 Å². The monoisotopic (exact) mass is 329 g/mol. The van der Waals surface area contributed by atoms with Gasteiger partial charge >= 0.3 is 0 Å². The summed E-state index contributed by atoms with van der Waals surface area (Å²) in [4.78, 5) is 17.3. The van der Waals surface area contributed by atoms with E-state index >= 15 is 0 Å². The first kappa shape index (κ1) is 17.4. The Hall–Kier alpha value is -1.39. The van der Waals surface area contributed by atoms with Gasteiger partial charge < -0.3 is 15.1 Å². The van der Waals surface area contributed by atoms with Gasteiger partial charge in [0.2, 0.25) is 5.91 Å². The number of hydrogen-bond acceptors (Lipinski definition) is 3. The normalized spacial score (nSPS) is 25.2. The number of rotatable bonds is 5. The molecule has 0 radical (unpaired) electrons. The third kappa shape index (κ3) is 4.37. The van der Waals surface area contributed by atoms with Crippen molar-refractivity contribution in [2.45, 2.75) is 45.1 Å². The molecule has 0 aromatic heterocycles. The van der Waals surface area contributed by atoms with Gasteiger partial charge in [0.1, 0.15) is 0 Å². The number of piperazine rings is 1. The maximum Gasteiger partial charge on any atom is 0.221 e. The van der Waals surface area contributed by atoms with Crippen LogP contribution in [0.3, 0.4) is 0 Å². The van der Waals surface area contributed by atoms with E-state index in [2.05, 4.69) is 53.2 Å². The number of fused-ring (bicyclic) bond motifs is 1. The second-order valence-electron chi connectivity index (χ2n) is 7.58. The molecule has 1 aromatic carbocycles. The van der Waals surface area contributed by atoms with Crippen molar-refractivity contribution in [1.82, 2.24) is 15.1 Å². The van der Waals surface area contributed by atoms with Crippen LogP contribution in [0, 0.1) is 0 Å². The van der Waals surface area contributed by atoms with Gasteiger partial charge in [0.15, 0.2) is 0 Å². The Morgan fingerprint density at radius 1 is 1.12 bits per heavy atom. The summed E-state index contributed by atoms with van der Waals surface area (Å²) >= 11 is 0. The molecule has 1 amide bonds. The van der Waals surface area contributed by atoms with Crippen LogP contribution in [-0.2, 0) is 17.6 Å². The number of aryl methyl sites for hydroxylation is 1. The lowest BCUT2D eigenvalue weighted by molar-refractivity contribution is -0.123. The number of carbonyl (C=O) groups excluding carboxylic acids is 1. The van der Waals surface area contributed by atoms with Crippen molar-refractivity contribution in [3.63, 3.8) is 0 Å². The second kappa shape index (κ2) is 7.66. The Bertz CT molecular complexity index is 566. The van der Waals surface area contributed by atoms with E-state index in [1.807, 2.05) is 0 Å². The highest BCUT2D eigenvalue weighted by atomic mass is 16.1. The highest BCUT2D eigenvalue weighted by molar-refractivity contribution is 5.77. The zero-order valence-corrected chi connectivity index (χ0v) is 15.2. The standard InChI is InChI=1S/C20H31N3O/c1-3-22-12-14-23(15-13-22)11-9-19(24)21-20(2)10-8-17-6-4-5-7-18(17)16-20/h4-7H,3,8-16H2,1-2H3,(H,21,24)/t20-/m0/s1. The number of amides is 1. The van der Waals surface area contributed by atoms with Crippen LogP contribution in [0.25, 0.3) is 0 Å². The van der Waals surface area contributed by atoms with Crippen molar-refractivity contribution in [3.05, 3.63) is 35.4 Å². The van der Waals surface area contributed by atoms with Crippen molar-refractivity contribution in [1.29, 1.82) is 0 Å². The van der Waals surface area contributed by atoms with E-state index in [1.165, 1.54) is 11.1 Å². The second-order valence-corrected chi connectivity index (χ2v) is 7.58. The minimum atomic E-state index is -0.0909. The maximum atomic E-state index is 12.4. The van der Waals surface area contributed by atoms with Crippen molar-refractivity contribution in [2.75, 3.05) is 39.3 Å². The van der Waals surface area contributed by atoms with Crippen LogP contribution >= 0.6 is 0 Å². The quantitative estimate of drug-likeness (QED) is 0.898. The third-order valence-corrected chi connectivity index (χ3v) is 5.65. The Kier molecular flexibility index (Phi) is 5.57. The van der Waals surface area contributed by atoms with Crippen LogP contribution in [-0.4, -0.2) is 60.5 Å². The minimum absolute atomic E-state index is 0.0909. The van der Waals surface area contributed by atoms with Crippen LogP contribution in [0.4, 0.5) is 0 Å². The molecule has 0 saturated carbocycles. The number of carbonyl (C=O) groups is 1. The van der Waals surface area contributed by atoms with Gasteiger partial charge in [0.05, 0.1) is 0 Å². The first-order valence-corrected chi connectivity index (χ1v) is 9.40. The Balaban J connectivity index is 1.45. The van der Waals surface area contributed by atoms with Gasteiger partial charge in [0, 0.05) is 44.7 Å². The summed E-state index contributed by atoms with van der Waals surface area (Å²) < 4.78 is 0. The molecule has 0 unspecified atom stereocenters. The van der Waals surface area contributed by atoms with Crippen LogP contribution in [0.1, 0.15) is 37.8 Å². The molecular weight excluding hydrogens is 298 g/mol. The molecule has 4 heteroatoms. The highest BCUT2D eigenvalue weighted by Gasteiger charge is 2.31. The topological polar surface area (TPSA) is 35.6 Å². The minimum Gasteiger partial charge on any atom is -0.351 e. The van der Waals surface area contributed by atoms with Crippen molar-refractivity contribution < 1.29 is 4.79 Å². The molecule has 1 aliphatic carbocycles. The van der Waals surface area contributed by atoms with E-state index in [-0.39, 0.29) is 11.4 Å². The Labute approximate surface area is 146 Å². The molecule has 24 heavy (non-hydrogen) atoms. The third-order valence-electron chi connectivity index (χ3n) is 5.65. The van der Waals surface area contributed by atoms with Crippen LogP contribution < -0.4 is 5.32 Å². The van der Waals surface area contributed by atoms with Crippen LogP contribution in [0.2, 0.25) is 0 Å². The summed E-state index contributed by atoms with van der Waals surface area (Å²) in [6.07, 6.45) is 3.66. The van der Waals surface area contributed by atoms with Gasteiger partial charge in [-0.1, -0.05) is 31.2 Å². The summed E-state index contributed by atoms with van der Waals surface area (Å²) in [6.45, 7) is 10.9. The largest absolute Gasteiger partial charge is 0.351 e. The molecule has 1 atom stereocenters. The lowest BCUT2D eigenvalue weighted by Gasteiger charge is -2.37. The van der Waals surface area contributed by atoms with E-state index in [9.17, 15) is 4.79 Å². The van der Waals surface area contributed by atoms with Crippen LogP contribution in [0.5, 0.6) is 0 Å². The van der Waals surface area contributed by atoms with Gasteiger partial charge in [-0.05, 0) is 43.9 Å². The Morgan fingerprint density at radius 2 is 1.79 bits per heavy atom. The van der Waals surface area contributed by atoms with E-state index in [4.69, 9.17) is 0 Å². The first-order valence-electron chi connectivity index (χ1n) is 9.40. The SMILES string of the molecule is CCN1CCN(CCC(=O)N[C@@]2(C)CCc3ccccc3C2)CC1. The molecule has 2 aliphatic rings.